The molecule has 1 amide bonds. The Bertz CT molecular complexity index is 1120. The molecule has 1 atom stereocenters. The minimum absolute atomic E-state index is 0.0147. The van der Waals surface area contributed by atoms with Crippen LogP contribution in [0.4, 0.5) is 11.4 Å². The first-order valence-electron chi connectivity index (χ1n) is 12.1. The lowest BCUT2D eigenvalue weighted by Crippen LogP contribution is -2.44. The second-order valence-electron chi connectivity index (χ2n) is 9.28. The number of imidazole rings is 1. The van der Waals surface area contributed by atoms with E-state index in [0.29, 0.717) is 6.54 Å². The van der Waals surface area contributed by atoms with Gasteiger partial charge < -0.3 is 15.1 Å². The average molecular weight is 460 g/mol. The fourth-order valence-corrected chi connectivity index (χ4v) is 4.93. The highest BCUT2D eigenvalue weighted by Crippen LogP contribution is 2.31. The van der Waals surface area contributed by atoms with E-state index >= 15 is 0 Å². The number of aryl methyl sites for hydroxylation is 1. The van der Waals surface area contributed by atoms with Crippen LogP contribution in [0.2, 0.25) is 0 Å². The number of hydrogen-bond donors (Lipinski definition) is 1. The van der Waals surface area contributed by atoms with E-state index in [1.54, 1.807) is 6.20 Å². The van der Waals surface area contributed by atoms with Crippen molar-refractivity contribution in [3.05, 3.63) is 66.4 Å². The van der Waals surface area contributed by atoms with Crippen molar-refractivity contribution in [2.75, 3.05) is 56.5 Å². The average Bonchev–Trinajstić information content (AvgIpc) is 3.49. The van der Waals surface area contributed by atoms with Crippen molar-refractivity contribution in [2.24, 2.45) is 0 Å². The Labute approximate surface area is 201 Å². The quantitative estimate of drug-likeness (QED) is 0.611. The molecular weight excluding hydrogens is 426 g/mol. The molecule has 0 radical (unpaired) electrons. The molecule has 0 bridgehead atoms. The molecule has 2 aliphatic heterocycles. The summed E-state index contributed by atoms with van der Waals surface area (Å²) in [7, 11) is 2.16. The third-order valence-electron chi connectivity index (χ3n) is 6.90. The normalized spacial score (nSPS) is 19.5. The summed E-state index contributed by atoms with van der Waals surface area (Å²) in [4.78, 5) is 29.1. The number of pyridine rings is 1. The van der Waals surface area contributed by atoms with E-state index < -0.39 is 0 Å². The van der Waals surface area contributed by atoms with Crippen molar-refractivity contribution in [3.8, 4) is 5.82 Å². The van der Waals surface area contributed by atoms with Gasteiger partial charge >= 0.3 is 0 Å². The van der Waals surface area contributed by atoms with Crippen molar-refractivity contribution in [3.63, 3.8) is 0 Å². The summed E-state index contributed by atoms with van der Waals surface area (Å²) in [5.41, 5.74) is 3.06. The first-order chi connectivity index (χ1) is 16.6. The third-order valence-corrected chi connectivity index (χ3v) is 6.90. The number of nitrogens with one attached hydrogen (secondary N) is 1. The van der Waals surface area contributed by atoms with E-state index in [0.717, 1.165) is 68.6 Å². The lowest BCUT2D eigenvalue weighted by Gasteiger charge is -2.34. The number of rotatable bonds is 6. The predicted molar refractivity (Wildman–Crippen MR) is 134 cm³/mol. The van der Waals surface area contributed by atoms with E-state index in [1.165, 1.54) is 5.69 Å². The van der Waals surface area contributed by atoms with Gasteiger partial charge in [-0.05, 0) is 69.8 Å². The number of aromatic nitrogens is 3. The molecule has 1 aromatic carbocycles. The molecule has 0 unspecified atom stereocenters. The lowest BCUT2D eigenvalue weighted by atomic mass is 10.1. The van der Waals surface area contributed by atoms with Crippen LogP contribution in [0.5, 0.6) is 0 Å². The van der Waals surface area contributed by atoms with Crippen LogP contribution in [0.25, 0.3) is 5.82 Å². The molecular formula is C26H33N7O. The van der Waals surface area contributed by atoms with E-state index in [-0.39, 0.29) is 11.9 Å². The van der Waals surface area contributed by atoms with Gasteiger partial charge in [-0.25, -0.2) is 9.97 Å². The minimum atomic E-state index is 0.0147. The summed E-state index contributed by atoms with van der Waals surface area (Å²) in [6.45, 7) is 7.46. The van der Waals surface area contributed by atoms with Gasteiger partial charge in [0, 0.05) is 49.9 Å². The van der Waals surface area contributed by atoms with Gasteiger partial charge in [-0.1, -0.05) is 6.07 Å². The van der Waals surface area contributed by atoms with Crippen LogP contribution in [0.3, 0.4) is 0 Å². The first kappa shape index (κ1) is 22.6. The minimum Gasteiger partial charge on any atom is -0.369 e. The summed E-state index contributed by atoms with van der Waals surface area (Å²) in [5, 5.41) is 3.08. The zero-order chi connectivity index (χ0) is 23.5. The summed E-state index contributed by atoms with van der Waals surface area (Å²) < 4.78 is 1.99. The van der Waals surface area contributed by atoms with Gasteiger partial charge in [-0.3, -0.25) is 14.3 Å². The van der Waals surface area contributed by atoms with Crippen molar-refractivity contribution in [1.82, 2.24) is 24.3 Å². The summed E-state index contributed by atoms with van der Waals surface area (Å²) >= 11 is 0. The lowest BCUT2D eigenvalue weighted by molar-refractivity contribution is -0.117. The van der Waals surface area contributed by atoms with Gasteiger partial charge in [-0.2, -0.15) is 0 Å². The maximum absolute atomic E-state index is 12.9. The van der Waals surface area contributed by atoms with Crippen LogP contribution in [-0.4, -0.2) is 76.6 Å². The van der Waals surface area contributed by atoms with Gasteiger partial charge in [-0.15, -0.1) is 0 Å². The number of amides is 1. The molecule has 34 heavy (non-hydrogen) atoms. The van der Waals surface area contributed by atoms with Crippen LogP contribution >= 0.6 is 0 Å². The Morgan fingerprint density at radius 2 is 1.85 bits per heavy atom. The standard InChI is InChI=1S/C26H33N7O/c1-20-27-12-14-33(20)25-7-3-5-23(29-25)24-6-4-13-32(24)19-26(34)28-21-8-10-22(11-9-21)31-17-15-30(2)16-18-31/h3,5,7-12,14,24H,4,6,13,15-19H2,1-2H3,(H,28,34)/t24-/m1/s1. The number of likely N-dealkylation sites (tertiary alicyclic amines) is 1. The summed E-state index contributed by atoms with van der Waals surface area (Å²) in [5.74, 6) is 1.79. The SMILES string of the molecule is Cc1nccn1-c1cccc([C@H]2CCCN2CC(=O)Nc2ccc(N3CCN(C)CC3)cc2)n1. The molecule has 0 saturated carbocycles. The van der Waals surface area contributed by atoms with Crippen LogP contribution in [0.1, 0.15) is 30.4 Å². The van der Waals surface area contributed by atoms with Crippen LogP contribution < -0.4 is 10.2 Å². The van der Waals surface area contributed by atoms with E-state index in [2.05, 4.69) is 50.2 Å². The Morgan fingerprint density at radius 3 is 2.59 bits per heavy atom. The molecule has 8 nitrogen and oxygen atoms in total. The second kappa shape index (κ2) is 9.95. The zero-order valence-electron chi connectivity index (χ0n) is 20.0. The van der Waals surface area contributed by atoms with Crippen LogP contribution in [-0.2, 0) is 4.79 Å². The number of carbonyl (C=O) groups excluding carboxylic acids is 1. The maximum atomic E-state index is 12.9. The number of benzene rings is 1. The van der Waals surface area contributed by atoms with Gasteiger partial charge in [0.05, 0.1) is 18.3 Å². The Hall–Kier alpha value is -3.23. The van der Waals surface area contributed by atoms with Crippen molar-refractivity contribution in [1.29, 1.82) is 0 Å². The topological polar surface area (TPSA) is 69.5 Å². The molecule has 2 aliphatic rings. The predicted octanol–water partition coefficient (Wildman–Crippen LogP) is 3.10. The fraction of sp³-hybridized carbons (Fsp3) is 0.423. The van der Waals surface area contributed by atoms with Crippen molar-refractivity contribution < 1.29 is 4.79 Å². The highest BCUT2D eigenvalue weighted by molar-refractivity contribution is 5.92. The first-order valence-corrected chi connectivity index (χ1v) is 12.1. The fourth-order valence-electron chi connectivity index (χ4n) is 4.93. The van der Waals surface area contributed by atoms with Gasteiger partial charge in [0.1, 0.15) is 11.6 Å². The number of likely N-dealkylation sites (N-methyl/N-ethyl adjacent to an activating group) is 1. The monoisotopic (exact) mass is 459 g/mol. The molecule has 0 aliphatic carbocycles. The number of anilines is 2. The molecule has 2 aromatic heterocycles. The van der Waals surface area contributed by atoms with Gasteiger partial charge in [0.25, 0.3) is 0 Å². The molecule has 2 fully saturated rings. The van der Waals surface area contributed by atoms with E-state index in [4.69, 9.17) is 4.98 Å². The number of nitrogens with zero attached hydrogens (tertiary/aromatic N) is 6. The van der Waals surface area contributed by atoms with E-state index in [9.17, 15) is 4.79 Å². The molecule has 178 valence electrons. The van der Waals surface area contributed by atoms with Crippen molar-refractivity contribution in [2.45, 2.75) is 25.8 Å². The number of carbonyl (C=O) groups is 1. The smallest absolute Gasteiger partial charge is 0.238 e. The number of piperazine rings is 1. The Balaban J connectivity index is 1.21. The van der Waals surface area contributed by atoms with Crippen molar-refractivity contribution >= 4 is 17.3 Å². The number of hydrogen-bond acceptors (Lipinski definition) is 6. The van der Waals surface area contributed by atoms with Gasteiger partial charge in [0.15, 0.2) is 0 Å². The van der Waals surface area contributed by atoms with Crippen LogP contribution in [0.15, 0.2) is 54.9 Å². The van der Waals surface area contributed by atoms with E-state index in [1.807, 2.05) is 42.0 Å². The van der Waals surface area contributed by atoms with Crippen LogP contribution in [0, 0.1) is 6.92 Å². The highest BCUT2D eigenvalue weighted by Gasteiger charge is 2.29. The molecule has 2 saturated heterocycles. The third kappa shape index (κ3) is 4.98. The summed E-state index contributed by atoms with van der Waals surface area (Å²) in [6.07, 6.45) is 5.78. The second-order valence-corrected chi connectivity index (χ2v) is 9.28. The van der Waals surface area contributed by atoms with Gasteiger partial charge in [0.2, 0.25) is 5.91 Å². The molecule has 1 N–H and O–H groups in total. The largest absolute Gasteiger partial charge is 0.369 e. The molecule has 5 rings (SSSR count). The molecule has 0 spiro atoms. The molecule has 8 heteroatoms. The Morgan fingerprint density at radius 1 is 1.06 bits per heavy atom. The molecule has 3 aromatic rings. The summed E-state index contributed by atoms with van der Waals surface area (Å²) in [6, 6.07) is 14.5. The zero-order valence-corrected chi connectivity index (χ0v) is 20.0. The molecule has 4 heterocycles. The maximum Gasteiger partial charge on any atom is 0.238 e. The highest BCUT2D eigenvalue weighted by atomic mass is 16.2. The Kier molecular flexibility index (Phi) is 6.60.